The fourth-order valence-corrected chi connectivity index (χ4v) is 5.05. The van der Waals surface area contributed by atoms with E-state index in [9.17, 15) is 4.79 Å². The highest BCUT2D eigenvalue weighted by molar-refractivity contribution is 8.00. The SMILES string of the molecule is CC(Sc1cc(Cl)ccc1Cl)C(=O)N1CC2CCC(N)C2C1.Cl. The molecular formula is C16H21Cl3N2OS. The Morgan fingerprint density at radius 1 is 1.35 bits per heavy atom. The van der Waals surface area contributed by atoms with Crippen molar-refractivity contribution in [2.24, 2.45) is 17.6 Å². The molecule has 1 aromatic rings. The molecular weight excluding hydrogens is 375 g/mol. The number of carbonyl (C=O) groups excluding carboxylic acids is 1. The van der Waals surface area contributed by atoms with Crippen LogP contribution in [0, 0.1) is 11.8 Å². The maximum Gasteiger partial charge on any atom is 0.235 e. The molecule has 0 spiro atoms. The lowest BCUT2D eigenvalue weighted by Gasteiger charge is -2.22. The first kappa shape index (κ1) is 19.2. The lowest BCUT2D eigenvalue weighted by Crippen LogP contribution is -2.37. The maximum absolute atomic E-state index is 12.7. The van der Waals surface area contributed by atoms with Crippen molar-refractivity contribution < 1.29 is 4.79 Å². The number of hydrogen-bond donors (Lipinski definition) is 1. The summed E-state index contributed by atoms with van der Waals surface area (Å²) >= 11 is 13.7. The molecule has 128 valence electrons. The second kappa shape index (κ2) is 7.83. The molecule has 1 aliphatic heterocycles. The van der Waals surface area contributed by atoms with Crippen LogP contribution in [0.25, 0.3) is 0 Å². The highest BCUT2D eigenvalue weighted by Gasteiger charge is 2.43. The maximum atomic E-state index is 12.7. The van der Waals surface area contributed by atoms with Crippen LogP contribution < -0.4 is 5.73 Å². The molecule has 1 heterocycles. The second-order valence-electron chi connectivity index (χ2n) is 6.24. The lowest BCUT2D eigenvalue weighted by molar-refractivity contribution is -0.129. The highest BCUT2D eigenvalue weighted by Crippen LogP contribution is 2.39. The number of thioether (sulfide) groups is 1. The van der Waals surface area contributed by atoms with Crippen molar-refractivity contribution >= 4 is 53.3 Å². The van der Waals surface area contributed by atoms with E-state index in [1.165, 1.54) is 11.8 Å². The van der Waals surface area contributed by atoms with Gasteiger partial charge in [0.25, 0.3) is 0 Å². The number of carbonyl (C=O) groups is 1. The second-order valence-corrected chi connectivity index (χ2v) is 8.47. The third-order valence-corrected chi connectivity index (χ3v) is 6.59. The monoisotopic (exact) mass is 394 g/mol. The van der Waals surface area contributed by atoms with Gasteiger partial charge >= 0.3 is 0 Å². The Labute approximate surface area is 157 Å². The van der Waals surface area contributed by atoms with E-state index in [0.29, 0.717) is 21.9 Å². The van der Waals surface area contributed by atoms with Crippen LogP contribution in [0.15, 0.2) is 23.1 Å². The van der Waals surface area contributed by atoms with Gasteiger partial charge in [0, 0.05) is 29.0 Å². The summed E-state index contributed by atoms with van der Waals surface area (Å²) in [5, 5.41) is 1.09. The van der Waals surface area contributed by atoms with Gasteiger partial charge in [-0.2, -0.15) is 0 Å². The summed E-state index contributed by atoms with van der Waals surface area (Å²) in [6, 6.07) is 5.59. The topological polar surface area (TPSA) is 46.3 Å². The molecule has 2 fully saturated rings. The molecule has 1 saturated heterocycles. The van der Waals surface area contributed by atoms with E-state index in [2.05, 4.69) is 0 Å². The molecule has 3 rings (SSSR count). The van der Waals surface area contributed by atoms with Crippen molar-refractivity contribution in [1.82, 2.24) is 4.90 Å². The zero-order valence-electron chi connectivity index (χ0n) is 12.9. The summed E-state index contributed by atoms with van der Waals surface area (Å²) in [7, 11) is 0. The Morgan fingerprint density at radius 3 is 2.78 bits per heavy atom. The van der Waals surface area contributed by atoms with E-state index in [1.807, 2.05) is 17.9 Å². The van der Waals surface area contributed by atoms with Crippen LogP contribution in [0.3, 0.4) is 0 Å². The Morgan fingerprint density at radius 2 is 2.09 bits per heavy atom. The molecule has 3 nitrogen and oxygen atoms in total. The van der Waals surface area contributed by atoms with Crippen molar-refractivity contribution in [3.63, 3.8) is 0 Å². The molecule has 2 N–H and O–H groups in total. The summed E-state index contributed by atoms with van der Waals surface area (Å²) in [5.74, 6) is 1.24. The van der Waals surface area contributed by atoms with E-state index in [4.69, 9.17) is 28.9 Å². The van der Waals surface area contributed by atoms with E-state index in [0.717, 1.165) is 30.8 Å². The number of nitrogens with two attached hydrogens (primary N) is 1. The molecule has 0 bridgehead atoms. The third kappa shape index (κ3) is 4.10. The molecule has 1 amide bonds. The van der Waals surface area contributed by atoms with Crippen molar-refractivity contribution in [3.8, 4) is 0 Å². The molecule has 0 radical (unpaired) electrons. The molecule has 1 saturated carbocycles. The minimum absolute atomic E-state index is 0. The number of benzene rings is 1. The third-order valence-electron chi connectivity index (χ3n) is 4.77. The fourth-order valence-electron chi connectivity index (χ4n) is 3.55. The number of hydrogen-bond acceptors (Lipinski definition) is 3. The van der Waals surface area contributed by atoms with Crippen LogP contribution in [-0.2, 0) is 4.79 Å². The zero-order valence-corrected chi connectivity index (χ0v) is 16.0. The van der Waals surface area contributed by atoms with Gasteiger partial charge < -0.3 is 10.6 Å². The number of fused-ring (bicyclic) bond motifs is 1. The van der Waals surface area contributed by atoms with Gasteiger partial charge in [-0.05, 0) is 49.8 Å². The normalized spacial score (nSPS) is 27.5. The number of amides is 1. The van der Waals surface area contributed by atoms with Gasteiger partial charge in [0.15, 0.2) is 0 Å². The lowest BCUT2D eigenvalue weighted by atomic mass is 9.98. The molecule has 4 atom stereocenters. The standard InChI is InChI=1S/C16H20Cl2N2OS.ClH/c1-9(22-15-6-11(17)3-4-13(15)18)16(21)20-7-10-2-5-14(19)12(10)8-20;/h3-4,6,9-10,12,14H,2,5,7-8,19H2,1H3;1H. The largest absolute Gasteiger partial charge is 0.341 e. The summed E-state index contributed by atoms with van der Waals surface area (Å²) in [4.78, 5) is 15.5. The minimum Gasteiger partial charge on any atom is -0.341 e. The van der Waals surface area contributed by atoms with Gasteiger partial charge in [-0.1, -0.05) is 23.2 Å². The van der Waals surface area contributed by atoms with Crippen LogP contribution in [0.2, 0.25) is 10.0 Å². The number of halogens is 3. The Hall–Kier alpha value is -0.130. The fraction of sp³-hybridized carbons (Fsp3) is 0.562. The summed E-state index contributed by atoms with van der Waals surface area (Å²) in [5.41, 5.74) is 6.14. The van der Waals surface area contributed by atoms with E-state index in [-0.39, 0.29) is 29.6 Å². The molecule has 23 heavy (non-hydrogen) atoms. The van der Waals surface area contributed by atoms with E-state index < -0.39 is 0 Å². The molecule has 1 aliphatic carbocycles. The van der Waals surface area contributed by atoms with Gasteiger partial charge in [0.05, 0.1) is 10.3 Å². The molecule has 7 heteroatoms. The summed E-state index contributed by atoms with van der Waals surface area (Å²) in [6.45, 7) is 3.59. The van der Waals surface area contributed by atoms with E-state index >= 15 is 0 Å². The predicted octanol–water partition coefficient (Wildman–Crippen LogP) is 4.09. The number of likely N-dealkylation sites (tertiary alicyclic amines) is 1. The number of nitrogens with zero attached hydrogens (tertiary/aromatic N) is 1. The molecule has 1 aromatic carbocycles. The molecule has 4 unspecified atom stereocenters. The number of rotatable bonds is 3. The van der Waals surface area contributed by atoms with Crippen LogP contribution in [0.1, 0.15) is 19.8 Å². The summed E-state index contributed by atoms with van der Waals surface area (Å²) in [6.07, 6.45) is 2.25. The van der Waals surface area contributed by atoms with Gasteiger partial charge in [-0.3, -0.25) is 4.79 Å². The van der Waals surface area contributed by atoms with E-state index in [1.54, 1.807) is 12.1 Å². The van der Waals surface area contributed by atoms with Gasteiger partial charge in [0.2, 0.25) is 5.91 Å². The Balaban J connectivity index is 0.00000192. The van der Waals surface area contributed by atoms with Crippen LogP contribution in [-0.4, -0.2) is 35.2 Å². The van der Waals surface area contributed by atoms with Crippen molar-refractivity contribution in [2.75, 3.05) is 13.1 Å². The average molecular weight is 396 g/mol. The molecule has 2 aliphatic rings. The summed E-state index contributed by atoms with van der Waals surface area (Å²) < 4.78 is 0. The first-order valence-electron chi connectivity index (χ1n) is 7.62. The van der Waals surface area contributed by atoms with Gasteiger partial charge in [-0.25, -0.2) is 0 Å². The quantitative estimate of drug-likeness (QED) is 0.784. The smallest absolute Gasteiger partial charge is 0.235 e. The minimum atomic E-state index is -0.175. The van der Waals surface area contributed by atoms with Crippen LogP contribution in [0.4, 0.5) is 0 Å². The van der Waals surface area contributed by atoms with Crippen molar-refractivity contribution in [3.05, 3.63) is 28.2 Å². The van der Waals surface area contributed by atoms with Gasteiger partial charge in [-0.15, -0.1) is 24.2 Å². The van der Waals surface area contributed by atoms with Crippen molar-refractivity contribution in [2.45, 2.75) is 36.0 Å². The van der Waals surface area contributed by atoms with Crippen LogP contribution in [0.5, 0.6) is 0 Å². The molecule has 0 aromatic heterocycles. The average Bonchev–Trinajstić information content (AvgIpc) is 3.04. The first-order valence-corrected chi connectivity index (χ1v) is 9.25. The Bertz CT molecular complexity index is 586. The van der Waals surface area contributed by atoms with Gasteiger partial charge in [0.1, 0.15) is 0 Å². The predicted molar refractivity (Wildman–Crippen MR) is 99.8 cm³/mol. The Kier molecular flexibility index (Phi) is 6.54. The zero-order chi connectivity index (χ0) is 15.9. The first-order chi connectivity index (χ1) is 10.5. The highest BCUT2D eigenvalue weighted by atomic mass is 35.5. The van der Waals surface area contributed by atoms with Crippen molar-refractivity contribution in [1.29, 1.82) is 0 Å². The van der Waals surface area contributed by atoms with Crippen LogP contribution >= 0.6 is 47.4 Å².